The summed E-state index contributed by atoms with van der Waals surface area (Å²) in [6.07, 6.45) is 3.42. The summed E-state index contributed by atoms with van der Waals surface area (Å²) in [6.45, 7) is 1.25. The van der Waals surface area contributed by atoms with Crippen molar-refractivity contribution in [2.24, 2.45) is 5.73 Å². The Morgan fingerprint density at radius 1 is 1.09 bits per heavy atom. The van der Waals surface area contributed by atoms with E-state index >= 15 is 0 Å². The highest BCUT2D eigenvalue weighted by Crippen LogP contribution is 2.29. The second-order valence-electron chi connectivity index (χ2n) is 7.92. The van der Waals surface area contributed by atoms with Gasteiger partial charge in [-0.05, 0) is 36.0 Å². The summed E-state index contributed by atoms with van der Waals surface area (Å²) in [5.41, 5.74) is 9.86. The van der Waals surface area contributed by atoms with Crippen LogP contribution in [0.5, 0.6) is 5.75 Å². The van der Waals surface area contributed by atoms with Gasteiger partial charge in [0.25, 0.3) is 0 Å². The summed E-state index contributed by atoms with van der Waals surface area (Å²) in [5, 5.41) is 21.0. The molecule has 8 nitrogen and oxygen atoms in total. The average Bonchev–Trinajstić information content (AvgIpc) is 3.22. The molecule has 5 N–H and O–H groups in total. The van der Waals surface area contributed by atoms with Gasteiger partial charge >= 0.3 is 0 Å². The van der Waals surface area contributed by atoms with Gasteiger partial charge in [-0.2, -0.15) is 9.61 Å². The van der Waals surface area contributed by atoms with Crippen LogP contribution in [0, 0.1) is 0 Å². The first-order chi connectivity index (χ1) is 16.0. The van der Waals surface area contributed by atoms with Crippen LogP contribution in [0.25, 0.3) is 16.9 Å². The number of anilines is 1. The molecule has 1 atom stereocenters. The number of benzene rings is 2. The van der Waals surface area contributed by atoms with Crippen LogP contribution < -0.4 is 21.8 Å². The average molecular weight is 442 g/mol. The summed E-state index contributed by atoms with van der Waals surface area (Å²) >= 11 is 0. The fraction of sp³-hybridized carbons (Fsp3) is 0.208. The minimum Gasteiger partial charge on any atom is -0.507 e. The summed E-state index contributed by atoms with van der Waals surface area (Å²) in [4.78, 5) is 16.9. The Morgan fingerprint density at radius 3 is 2.61 bits per heavy atom. The molecule has 9 heteroatoms. The standard InChI is InChI=1S/C24H27BN6O2/c25-18-15-29-31-21(14-19(30-23(18)31)17-10-4-5-11-20(17)32)27-12-6-7-13-28-24(33)22(26)16-8-2-1-3-9-16/h1-5,8-11,14-15,22,27,32H,6-7,12-13,25-26H2,(H,28,33). The number of para-hydroxylation sites is 1. The number of nitrogens with two attached hydrogens (primary N) is 1. The van der Waals surface area contributed by atoms with Crippen molar-refractivity contribution in [1.82, 2.24) is 19.9 Å². The number of aromatic hydroxyl groups is 1. The Labute approximate surface area is 193 Å². The number of carbonyl (C=O) groups excluding carboxylic acids is 1. The largest absolute Gasteiger partial charge is 0.507 e. The third-order valence-corrected chi connectivity index (χ3v) is 5.48. The molecule has 0 bridgehead atoms. The molecule has 2 aromatic heterocycles. The number of aromatic nitrogens is 3. The molecule has 0 saturated heterocycles. The van der Waals surface area contributed by atoms with Crippen LogP contribution in [0.2, 0.25) is 0 Å². The number of fused-ring (bicyclic) bond motifs is 1. The molecular formula is C24H27BN6O2. The fourth-order valence-corrected chi connectivity index (χ4v) is 3.63. The molecule has 168 valence electrons. The molecule has 0 fully saturated rings. The van der Waals surface area contributed by atoms with Crippen molar-refractivity contribution in [3.8, 4) is 17.0 Å². The topological polar surface area (TPSA) is 118 Å². The van der Waals surface area contributed by atoms with E-state index in [4.69, 9.17) is 5.73 Å². The highest BCUT2D eigenvalue weighted by molar-refractivity contribution is 6.36. The first kappa shape index (κ1) is 22.4. The highest BCUT2D eigenvalue weighted by Gasteiger charge is 2.15. The lowest BCUT2D eigenvalue weighted by Gasteiger charge is -2.13. The molecule has 2 aromatic carbocycles. The Bertz CT molecular complexity index is 1240. The van der Waals surface area contributed by atoms with Gasteiger partial charge < -0.3 is 21.5 Å². The Kier molecular flexibility index (Phi) is 6.90. The van der Waals surface area contributed by atoms with Gasteiger partial charge in [0, 0.05) is 30.9 Å². The van der Waals surface area contributed by atoms with E-state index in [9.17, 15) is 9.90 Å². The number of phenolic OH excluding ortho intramolecular Hbond substituents is 1. The predicted octanol–water partition coefficient (Wildman–Crippen LogP) is 1.37. The molecule has 2 heterocycles. The lowest BCUT2D eigenvalue weighted by atomic mass is 10.0. The van der Waals surface area contributed by atoms with Crippen molar-refractivity contribution in [1.29, 1.82) is 0 Å². The molecule has 0 radical (unpaired) electrons. The van der Waals surface area contributed by atoms with Crippen LogP contribution in [-0.4, -0.2) is 46.5 Å². The molecule has 33 heavy (non-hydrogen) atoms. The minimum absolute atomic E-state index is 0.177. The highest BCUT2D eigenvalue weighted by atomic mass is 16.3. The second-order valence-corrected chi connectivity index (χ2v) is 7.92. The van der Waals surface area contributed by atoms with Crippen LogP contribution in [-0.2, 0) is 4.79 Å². The third kappa shape index (κ3) is 5.15. The van der Waals surface area contributed by atoms with Crippen LogP contribution in [0.4, 0.5) is 5.82 Å². The SMILES string of the molecule is Bc1cnn2c(NCCCCNC(=O)C(N)c3ccccc3)cc(-c3ccccc3O)nc12. The molecule has 0 aliphatic carbocycles. The van der Waals surface area contributed by atoms with E-state index in [1.54, 1.807) is 22.8 Å². The Hall–Kier alpha value is -3.85. The van der Waals surface area contributed by atoms with Crippen molar-refractivity contribution in [2.75, 3.05) is 18.4 Å². The lowest BCUT2D eigenvalue weighted by Crippen LogP contribution is -2.34. The molecule has 0 spiro atoms. The fourth-order valence-electron chi connectivity index (χ4n) is 3.63. The first-order valence-corrected chi connectivity index (χ1v) is 11.0. The van der Waals surface area contributed by atoms with Gasteiger partial charge in [0.2, 0.25) is 5.91 Å². The number of carbonyl (C=O) groups is 1. The number of unbranched alkanes of at least 4 members (excludes halogenated alkanes) is 1. The molecule has 0 saturated carbocycles. The van der Waals surface area contributed by atoms with Crippen molar-refractivity contribution in [2.45, 2.75) is 18.9 Å². The zero-order valence-corrected chi connectivity index (χ0v) is 18.5. The van der Waals surface area contributed by atoms with E-state index < -0.39 is 6.04 Å². The van der Waals surface area contributed by atoms with Gasteiger partial charge in [-0.25, -0.2) is 4.98 Å². The molecule has 4 rings (SSSR count). The normalized spacial score (nSPS) is 11.9. The van der Waals surface area contributed by atoms with Crippen LogP contribution in [0.1, 0.15) is 24.4 Å². The van der Waals surface area contributed by atoms with Crippen molar-refractivity contribution in [3.05, 3.63) is 72.4 Å². The maximum atomic E-state index is 12.3. The number of rotatable bonds is 9. The summed E-state index contributed by atoms with van der Waals surface area (Å²) in [5.74, 6) is 0.799. The minimum atomic E-state index is -0.662. The zero-order chi connectivity index (χ0) is 23.2. The van der Waals surface area contributed by atoms with Crippen molar-refractivity contribution >= 4 is 30.7 Å². The summed E-state index contributed by atoms with van der Waals surface area (Å²) < 4.78 is 1.76. The van der Waals surface area contributed by atoms with Crippen molar-refractivity contribution in [3.63, 3.8) is 0 Å². The maximum Gasteiger partial charge on any atom is 0.241 e. The zero-order valence-electron chi connectivity index (χ0n) is 18.5. The third-order valence-electron chi connectivity index (χ3n) is 5.48. The molecule has 1 unspecified atom stereocenters. The quantitative estimate of drug-likeness (QED) is 0.230. The van der Waals surface area contributed by atoms with E-state index in [0.29, 0.717) is 24.3 Å². The summed E-state index contributed by atoms with van der Waals surface area (Å²) in [7, 11) is 1.95. The number of phenols is 1. The van der Waals surface area contributed by atoms with Gasteiger partial charge in [-0.1, -0.05) is 42.5 Å². The van der Waals surface area contributed by atoms with E-state index in [-0.39, 0.29) is 11.7 Å². The number of hydrogen-bond acceptors (Lipinski definition) is 6. The number of nitrogens with zero attached hydrogens (tertiary/aromatic N) is 3. The Morgan fingerprint density at radius 2 is 1.82 bits per heavy atom. The van der Waals surface area contributed by atoms with Gasteiger partial charge in [-0.15, -0.1) is 0 Å². The monoisotopic (exact) mass is 442 g/mol. The maximum absolute atomic E-state index is 12.3. The van der Waals surface area contributed by atoms with Gasteiger partial charge in [0.1, 0.15) is 25.5 Å². The van der Waals surface area contributed by atoms with Gasteiger partial charge in [0.15, 0.2) is 5.65 Å². The number of nitrogens with one attached hydrogen (secondary N) is 2. The predicted molar refractivity (Wildman–Crippen MR) is 132 cm³/mol. The molecule has 4 aromatic rings. The van der Waals surface area contributed by atoms with Crippen LogP contribution >= 0.6 is 0 Å². The van der Waals surface area contributed by atoms with E-state index in [1.807, 2.05) is 56.4 Å². The van der Waals surface area contributed by atoms with Crippen LogP contribution in [0.3, 0.4) is 0 Å². The first-order valence-electron chi connectivity index (χ1n) is 11.0. The molecule has 0 aliphatic heterocycles. The second kappa shape index (κ2) is 10.2. The van der Waals surface area contributed by atoms with E-state index in [0.717, 1.165) is 35.3 Å². The van der Waals surface area contributed by atoms with Gasteiger partial charge in [-0.3, -0.25) is 4.79 Å². The number of amides is 1. The van der Waals surface area contributed by atoms with E-state index in [2.05, 4.69) is 20.7 Å². The molecule has 1 amide bonds. The number of hydrogen-bond donors (Lipinski definition) is 4. The smallest absolute Gasteiger partial charge is 0.241 e. The van der Waals surface area contributed by atoms with Crippen LogP contribution in [0.15, 0.2) is 66.9 Å². The molecular weight excluding hydrogens is 415 g/mol. The molecule has 0 aliphatic rings. The summed E-state index contributed by atoms with van der Waals surface area (Å²) in [6, 6.07) is 17.7. The van der Waals surface area contributed by atoms with Gasteiger partial charge in [0.05, 0.1) is 5.69 Å². The Balaban J connectivity index is 1.34. The van der Waals surface area contributed by atoms with E-state index in [1.165, 1.54) is 0 Å². The van der Waals surface area contributed by atoms with Crippen molar-refractivity contribution < 1.29 is 9.90 Å². The lowest BCUT2D eigenvalue weighted by molar-refractivity contribution is -0.122.